The van der Waals surface area contributed by atoms with E-state index in [2.05, 4.69) is 10.3 Å². The number of anilines is 1. The van der Waals surface area contributed by atoms with Crippen LogP contribution in [0.4, 0.5) is 5.69 Å². The molecular formula is C20H22N2O4. The van der Waals surface area contributed by atoms with Gasteiger partial charge >= 0.3 is 5.97 Å². The molecule has 0 fully saturated rings. The molecule has 1 atom stereocenters. The van der Waals surface area contributed by atoms with Gasteiger partial charge < -0.3 is 24.5 Å². The van der Waals surface area contributed by atoms with Gasteiger partial charge in [0.25, 0.3) is 0 Å². The predicted octanol–water partition coefficient (Wildman–Crippen LogP) is 3.90. The molecule has 6 heteroatoms. The molecule has 0 spiro atoms. The van der Waals surface area contributed by atoms with Crippen LogP contribution in [-0.2, 0) is 9.53 Å². The third-order valence-corrected chi connectivity index (χ3v) is 4.16. The molecule has 3 aromatic rings. The summed E-state index contributed by atoms with van der Waals surface area (Å²) in [5.74, 6) is 0.914. The van der Waals surface area contributed by atoms with Crippen LogP contribution in [0.2, 0.25) is 0 Å². The minimum Gasteiger partial charge on any atom is -0.497 e. The van der Waals surface area contributed by atoms with Crippen molar-refractivity contribution < 1.29 is 19.0 Å². The average molecular weight is 354 g/mol. The number of aromatic nitrogens is 1. The minimum absolute atomic E-state index is 0.300. The Hall–Kier alpha value is -3.15. The summed E-state index contributed by atoms with van der Waals surface area (Å²) < 4.78 is 16.0. The lowest BCUT2D eigenvalue weighted by Gasteiger charge is -2.20. The first kappa shape index (κ1) is 17.7. The van der Waals surface area contributed by atoms with Crippen LogP contribution in [0.3, 0.4) is 0 Å². The summed E-state index contributed by atoms with van der Waals surface area (Å²) in [5.41, 5.74) is 2.41. The number of fused-ring (bicyclic) bond motifs is 1. The second-order valence-corrected chi connectivity index (χ2v) is 5.69. The molecule has 0 aliphatic carbocycles. The molecule has 0 saturated heterocycles. The summed E-state index contributed by atoms with van der Waals surface area (Å²) in [6.45, 7) is 2.09. The molecule has 0 amide bonds. The summed E-state index contributed by atoms with van der Waals surface area (Å²) in [4.78, 5) is 15.9. The Kier molecular flexibility index (Phi) is 5.31. The lowest BCUT2D eigenvalue weighted by atomic mass is 10.1. The van der Waals surface area contributed by atoms with Gasteiger partial charge in [0.15, 0.2) is 6.04 Å². The molecule has 1 aromatic heterocycles. The van der Waals surface area contributed by atoms with Crippen molar-refractivity contribution in [1.29, 1.82) is 0 Å². The van der Waals surface area contributed by atoms with Gasteiger partial charge in [0, 0.05) is 28.7 Å². The first-order valence-electron chi connectivity index (χ1n) is 8.39. The Morgan fingerprint density at radius 3 is 2.69 bits per heavy atom. The van der Waals surface area contributed by atoms with E-state index in [4.69, 9.17) is 14.2 Å². The van der Waals surface area contributed by atoms with Crippen molar-refractivity contribution in [3.8, 4) is 11.5 Å². The van der Waals surface area contributed by atoms with Crippen LogP contribution in [0.25, 0.3) is 10.9 Å². The number of para-hydroxylation sites is 1. The molecule has 0 radical (unpaired) electrons. The molecule has 3 rings (SSSR count). The van der Waals surface area contributed by atoms with Gasteiger partial charge in [-0.2, -0.15) is 0 Å². The molecule has 0 saturated carbocycles. The summed E-state index contributed by atoms with van der Waals surface area (Å²) >= 11 is 0. The van der Waals surface area contributed by atoms with Gasteiger partial charge in [-0.15, -0.1) is 0 Å². The molecular weight excluding hydrogens is 332 g/mol. The fourth-order valence-electron chi connectivity index (χ4n) is 2.90. The van der Waals surface area contributed by atoms with Crippen LogP contribution < -0.4 is 14.8 Å². The van der Waals surface area contributed by atoms with Crippen LogP contribution in [-0.4, -0.2) is 31.8 Å². The molecule has 6 nitrogen and oxygen atoms in total. The van der Waals surface area contributed by atoms with Crippen molar-refractivity contribution in [1.82, 2.24) is 4.98 Å². The number of methoxy groups -OCH3 is 2. The van der Waals surface area contributed by atoms with E-state index in [-0.39, 0.29) is 5.97 Å². The standard InChI is InChI=1S/C20H22N2O4/c1-4-26-20(23)19(15-12-21-16-8-6-5-7-14(15)16)22-17-11-13(24-2)9-10-18(17)25-3/h5-12,19,21-22H,4H2,1-3H3. The molecule has 0 bridgehead atoms. The van der Waals surface area contributed by atoms with E-state index in [0.29, 0.717) is 23.8 Å². The lowest BCUT2D eigenvalue weighted by Crippen LogP contribution is -2.23. The Morgan fingerprint density at radius 1 is 1.15 bits per heavy atom. The second-order valence-electron chi connectivity index (χ2n) is 5.69. The number of ether oxygens (including phenoxy) is 3. The Balaban J connectivity index is 2.04. The topological polar surface area (TPSA) is 72.6 Å². The number of H-pyrrole nitrogens is 1. The first-order valence-corrected chi connectivity index (χ1v) is 8.39. The summed E-state index contributed by atoms with van der Waals surface area (Å²) in [6, 6.07) is 12.5. The van der Waals surface area contributed by atoms with Crippen molar-refractivity contribution in [3.63, 3.8) is 0 Å². The highest BCUT2D eigenvalue weighted by Crippen LogP contribution is 2.34. The third kappa shape index (κ3) is 3.44. The van der Waals surface area contributed by atoms with Crippen molar-refractivity contribution in [2.24, 2.45) is 0 Å². The molecule has 0 aliphatic heterocycles. The van der Waals surface area contributed by atoms with E-state index in [1.54, 1.807) is 39.3 Å². The lowest BCUT2D eigenvalue weighted by molar-refractivity contribution is -0.144. The number of aromatic amines is 1. The highest BCUT2D eigenvalue weighted by molar-refractivity contribution is 5.91. The summed E-state index contributed by atoms with van der Waals surface area (Å²) in [7, 11) is 3.17. The van der Waals surface area contributed by atoms with E-state index in [1.807, 2.05) is 30.5 Å². The molecule has 26 heavy (non-hydrogen) atoms. The van der Waals surface area contributed by atoms with E-state index in [0.717, 1.165) is 16.5 Å². The predicted molar refractivity (Wildman–Crippen MR) is 101 cm³/mol. The quantitative estimate of drug-likeness (QED) is 0.630. The fourth-order valence-corrected chi connectivity index (χ4v) is 2.90. The maximum absolute atomic E-state index is 12.7. The smallest absolute Gasteiger partial charge is 0.333 e. The van der Waals surface area contributed by atoms with Crippen LogP contribution in [0, 0.1) is 0 Å². The van der Waals surface area contributed by atoms with Crippen LogP contribution in [0.15, 0.2) is 48.7 Å². The molecule has 136 valence electrons. The third-order valence-electron chi connectivity index (χ3n) is 4.16. The fraction of sp³-hybridized carbons (Fsp3) is 0.250. The number of carbonyl (C=O) groups is 1. The van der Waals surface area contributed by atoms with E-state index in [1.165, 1.54) is 0 Å². The van der Waals surface area contributed by atoms with Gasteiger partial charge in [0.05, 0.1) is 26.5 Å². The van der Waals surface area contributed by atoms with Crippen molar-refractivity contribution in [3.05, 3.63) is 54.2 Å². The van der Waals surface area contributed by atoms with Crippen LogP contribution in [0.1, 0.15) is 18.5 Å². The van der Waals surface area contributed by atoms with E-state index in [9.17, 15) is 4.79 Å². The Morgan fingerprint density at radius 2 is 1.96 bits per heavy atom. The summed E-state index contributed by atoms with van der Waals surface area (Å²) in [5, 5.41) is 4.21. The largest absolute Gasteiger partial charge is 0.497 e. The number of hydrogen-bond acceptors (Lipinski definition) is 5. The zero-order valence-electron chi connectivity index (χ0n) is 15.0. The van der Waals surface area contributed by atoms with Gasteiger partial charge in [-0.3, -0.25) is 0 Å². The van der Waals surface area contributed by atoms with Gasteiger partial charge in [0.2, 0.25) is 0 Å². The monoisotopic (exact) mass is 354 g/mol. The van der Waals surface area contributed by atoms with Crippen LogP contribution in [0.5, 0.6) is 11.5 Å². The maximum atomic E-state index is 12.7. The van der Waals surface area contributed by atoms with Gasteiger partial charge in [-0.1, -0.05) is 18.2 Å². The van der Waals surface area contributed by atoms with Gasteiger partial charge in [0.1, 0.15) is 11.5 Å². The van der Waals surface area contributed by atoms with Gasteiger partial charge in [-0.25, -0.2) is 4.79 Å². The van der Waals surface area contributed by atoms with Crippen LogP contribution >= 0.6 is 0 Å². The van der Waals surface area contributed by atoms with Crippen molar-refractivity contribution in [2.75, 3.05) is 26.1 Å². The number of esters is 1. The summed E-state index contributed by atoms with van der Waals surface area (Å²) in [6.07, 6.45) is 1.83. The highest BCUT2D eigenvalue weighted by atomic mass is 16.5. The SMILES string of the molecule is CCOC(=O)C(Nc1cc(OC)ccc1OC)c1c[nH]c2ccccc12. The average Bonchev–Trinajstić information content (AvgIpc) is 3.10. The molecule has 2 aromatic carbocycles. The van der Waals surface area contributed by atoms with E-state index < -0.39 is 6.04 Å². The van der Waals surface area contributed by atoms with Crippen molar-refractivity contribution >= 4 is 22.6 Å². The van der Waals surface area contributed by atoms with Crippen molar-refractivity contribution in [2.45, 2.75) is 13.0 Å². The van der Waals surface area contributed by atoms with E-state index >= 15 is 0 Å². The molecule has 1 unspecified atom stereocenters. The molecule has 2 N–H and O–H groups in total. The normalized spacial score (nSPS) is 11.8. The zero-order valence-corrected chi connectivity index (χ0v) is 15.0. The Labute approximate surface area is 152 Å². The van der Waals surface area contributed by atoms with Gasteiger partial charge in [-0.05, 0) is 25.1 Å². The number of hydrogen-bond donors (Lipinski definition) is 2. The minimum atomic E-state index is -0.688. The maximum Gasteiger partial charge on any atom is 0.333 e. The molecule has 1 heterocycles. The first-order chi connectivity index (χ1) is 12.7. The second kappa shape index (κ2) is 7.82. The number of benzene rings is 2. The number of carbonyl (C=O) groups excluding carboxylic acids is 1. The Bertz CT molecular complexity index is 904. The number of nitrogens with one attached hydrogen (secondary N) is 2. The number of rotatable bonds is 7. The highest BCUT2D eigenvalue weighted by Gasteiger charge is 2.26. The zero-order chi connectivity index (χ0) is 18.5. The molecule has 0 aliphatic rings.